The van der Waals surface area contributed by atoms with Gasteiger partial charge < -0.3 is 18.8 Å². The molecule has 0 aliphatic carbocycles. The van der Waals surface area contributed by atoms with Gasteiger partial charge in [-0.1, -0.05) is 11.2 Å². The number of rotatable bonds is 4. The summed E-state index contributed by atoms with van der Waals surface area (Å²) in [5.74, 6) is 0.749. The van der Waals surface area contributed by atoms with Gasteiger partial charge in [-0.05, 0) is 55.0 Å². The van der Waals surface area contributed by atoms with E-state index in [0.717, 1.165) is 22.2 Å². The quantitative estimate of drug-likeness (QED) is 0.479. The Morgan fingerprint density at radius 2 is 1.97 bits per heavy atom. The van der Waals surface area contributed by atoms with Gasteiger partial charge in [-0.15, -0.1) is 0 Å². The Balaban J connectivity index is 1.44. The van der Waals surface area contributed by atoms with Crippen LogP contribution in [0.2, 0.25) is 0 Å². The van der Waals surface area contributed by atoms with Gasteiger partial charge in [-0.2, -0.15) is 4.98 Å². The number of amides is 1. The molecule has 148 valence electrons. The summed E-state index contributed by atoms with van der Waals surface area (Å²) in [5, 5.41) is 6.96. The first-order valence-corrected chi connectivity index (χ1v) is 9.29. The van der Waals surface area contributed by atoms with Gasteiger partial charge in [0.05, 0.1) is 23.6 Å². The molecule has 5 rings (SSSR count). The van der Waals surface area contributed by atoms with E-state index in [1.807, 2.05) is 48.9 Å². The molecular formula is C22H17N5O3. The van der Waals surface area contributed by atoms with Crippen LogP contribution in [0.1, 0.15) is 16.1 Å². The van der Waals surface area contributed by atoms with E-state index in [0.29, 0.717) is 23.0 Å². The second-order valence-electron chi connectivity index (χ2n) is 6.94. The normalized spacial score (nSPS) is 11.1. The average Bonchev–Trinajstić information content (AvgIpc) is 3.51. The molecule has 0 atom stereocenters. The van der Waals surface area contributed by atoms with Crippen molar-refractivity contribution in [1.82, 2.24) is 19.7 Å². The van der Waals surface area contributed by atoms with Crippen LogP contribution >= 0.6 is 0 Å². The summed E-state index contributed by atoms with van der Waals surface area (Å²) in [6.45, 7) is 1.91. The maximum Gasteiger partial charge on any atom is 0.291 e. The molecule has 0 unspecified atom stereocenters. The molecule has 30 heavy (non-hydrogen) atoms. The zero-order valence-electron chi connectivity index (χ0n) is 16.3. The van der Waals surface area contributed by atoms with Gasteiger partial charge >= 0.3 is 0 Å². The van der Waals surface area contributed by atoms with Crippen LogP contribution in [0.4, 0.5) is 5.69 Å². The lowest BCUT2D eigenvalue weighted by molar-refractivity contribution is 0.0996. The van der Waals surface area contributed by atoms with Gasteiger partial charge in [0.25, 0.3) is 11.8 Å². The minimum atomic E-state index is -0.324. The maximum absolute atomic E-state index is 12.3. The molecule has 0 radical (unpaired) electrons. The van der Waals surface area contributed by atoms with Crippen LogP contribution in [0, 0.1) is 6.92 Å². The number of nitrogens with zero attached hydrogens (tertiary/aromatic N) is 4. The molecule has 1 amide bonds. The van der Waals surface area contributed by atoms with Crippen molar-refractivity contribution in [3.05, 3.63) is 72.4 Å². The second kappa shape index (κ2) is 7.00. The van der Waals surface area contributed by atoms with Crippen LogP contribution in [0.5, 0.6) is 0 Å². The lowest BCUT2D eigenvalue weighted by Gasteiger charge is -2.08. The van der Waals surface area contributed by atoms with E-state index in [2.05, 4.69) is 20.4 Å². The molecule has 8 nitrogen and oxygen atoms in total. The topological polar surface area (TPSA) is 99.0 Å². The predicted molar refractivity (Wildman–Crippen MR) is 111 cm³/mol. The monoisotopic (exact) mass is 399 g/mol. The largest absolute Gasteiger partial charge is 0.459 e. The first-order valence-electron chi connectivity index (χ1n) is 9.29. The molecule has 0 saturated carbocycles. The molecule has 8 heteroatoms. The van der Waals surface area contributed by atoms with Crippen LogP contribution in [0.15, 0.2) is 70.1 Å². The van der Waals surface area contributed by atoms with E-state index in [4.69, 9.17) is 8.94 Å². The number of furan rings is 1. The number of aromatic nitrogens is 4. The Kier molecular flexibility index (Phi) is 4.17. The number of carbonyl (C=O) groups excluding carboxylic acids is 1. The Hall–Kier alpha value is -4.20. The minimum absolute atomic E-state index is 0.241. The summed E-state index contributed by atoms with van der Waals surface area (Å²) in [6.07, 6.45) is 3.22. The zero-order valence-corrected chi connectivity index (χ0v) is 16.3. The Morgan fingerprint density at radius 3 is 2.80 bits per heavy atom. The highest BCUT2D eigenvalue weighted by molar-refractivity contribution is 6.02. The van der Waals surface area contributed by atoms with E-state index >= 15 is 0 Å². The molecular weight excluding hydrogens is 382 g/mol. The summed E-state index contributed by atoms with van der Waals surface area (Å²) in [4.78, 5) is 21.2. The molecule has 0 aliphatic rings. The third-order valence-electron chi connectivity index (χ3n) is 4.89. The molecule has 1 N–H and O–H groups in total. The van der Waals surface area contributed by atoms with E-state index in [1.165, 1.54) is 6.26 Å². The molecule has 5 aromatic rings. The van der Waals surface area contributed by atoms with E-state index in [9.17, 15) is 4.79 Å². The van der Waals surface area contributed by atoms with Gasteiger partial charge in [-0.25, -0.2) is 4.98 Å². The SMILES string of the molecule is Cc1ccc(-c2nc(-c3ccc4c(c3)ncn4C)no2)cc1NC(=O)c1ccco1. The first kappa shape index (κ1) is 17.9. The van der Waals surface area contributed by atoms with Crippen molar-refractivity contribution in [2.45, 2.75) is 6.92 Å². The molecule has 2 aromatic carbocycles. The van der Waals surface area contributed by atoms with Crippen LogP contribution < -0.4 is 5.32 Å². The van der Waals surface area contributed by atoms with Gasteiger partial charge in [0.15, 0.2) is 5.76 Å². The van der Waals surface area contributed by atoms with Crippen LogP contribution in [0.3, 0.4) is 0 Å². The van der Waals surface area contributed by atoms with Gasteiger partial charge in [-0.3, -0.25) is 4.79 Å². The van der Waals surface area contributed by atoms with E-state index in [-0.39, 0.29) is 11.7 Å². The van der Waals surface area contributed by atoms with Crippen molar-refractivity contribution in [2.24, 2.45) is 7.05 Å². The summed E-state index contributed by atoms with van der Waals surface area (Å²) in [7, 11) is 1.95. The van der Waals surface area contributed by atoms with Crippen molar-refractivity contribution in [3.8, 4) is 22.8 Å². The lowest BCUT2D eigenvalue weighted by Crippen LogP contribution is -2.11. The number of hydrogen-bond acceptors (Lipinski definition) is 6. The first-order chi connectivity index (χ1) is 14.6. The summed E-state index contributed by atoms with van der Waals surface area (Å²) in [6, 6.07) is 14.7. The van der Waals surface area contributed by atoms with Crippen molar-refractivity contribution >= 4 is 22.6 Å². The number of benzene rings is 2. The van der Waals surface area contributed by atoms with Crippen LogP contribution in [0.25, 0.3) is 33.9 Å². The number of fused-ring (bicyclic) bond motifs is 1. The number of aryl methyl sites for hydroxylation is 2. The van der Waals surface area contributed by atoms with E-state index < -0.39 is 0 Å². The van der Waals surface area contributed by atoms with Gasteiger partial charge in [0.1, 0.15) is 0 Å². The number of nitrogens with one attached hydrogen (secondary N) is 1. The standard InChI is InChI=1S/C22H17N5O3/c1-13-5-6-15(11-16(13)24-21(28)19-4-3-9-29-19)22-25-20(26-30-22)14-7-8-18-17(10-14)23-12-27(18)2/h3-12H,1-2H3,(H,24,28). The third-order valence-corrected chi connectivity index (χ3v) is 4.89. The number of imidazole rings is 1. The van der Waals surface area contributed by atoms with Crippen LogP contribution in [-0.4, -0.2) is 25.6 Å². The Morgan fingerprint density at radius 1 is 1.10 bits per heavy atom. The van der Waals surface area contributed by atoms with Gasteiger partial charge in [0, 0.05) is 23.9 Å². The highest BCUT2D eigenvalue weighted by Gasteiger charge is 2.15. The fourth-order valence-electron chi connectivity index (χ4n) is 3.21. The van der Waals surface area contributed by atoms with Crippen molar-refractivity contribution in [1.29, 1.82) is 0 Å². The summed E-state index contributed by atoms with van der Waals surface area (Å²) >= 11 is 0. The predicted octanol–water partition coefficient (Wildman–Crippen LogP) is 4.44. The molecule has 0 spiro atoms. The number of carbonyl (C=O) groups is 1. The third kappa shape index (κ3) is 3.14. The molecule has 3 heterocycles. The second-order valence-corrected chi connectivity index (χ2v) is 6.94. The van der Waals surface area contributed by atoms with E-state index in [1.54, 1.807) is 24.5 Å². The van der Waals surface area contributed by atoms with Gasteiger partial charge in [0.2, 0.25) is 5.82 Å². The highest BCUT2D eigenvalue weighted by Crippen LogP contribution is 2.28. The fraction of sp³-hybridized carbons (Fsp3) is 0.0909. The van der Waals surface area contributed by atoms with Crippen LogP contribution in [-0.2, 0) is 7.05 Å². The average molecular weight is 399 g/mol. The van der Waals surface area contributed by atoms with Crippen molar-refractivity contribution < 1.29 is 13.7 Å². The minimum Gasteiger partial charge on any atom is -0.459 e. The molecule has 0 aliphatic heterocycles. The fourth-order valence-corrected chi connectivity index (χ4v) is 3.21. The highest BCUT2D eigenvalue weighted by atomic mass is 16.5. The molecule has 3 aromatic heterocycles. The zero-order chi connectivity index (χ0) is 20.7. The van der Waals surface area contributed by atoms with Crippen molar-refractivity contribution in [3.63, 3.8) is 0 Å². The lowest BCUT2D eigenvalue weighted by atomic mass is 10.1. The molecule has 0 saturated heterocycles. The van der Waals surface area contributed by atoms with Crippen molar-refractivity contribution in [2.75, 3.05) is 5.32 Å². The Labute approximate surface area is 171 Å². The molecule has 0 fully saturated rings. The Bertz CT molecular complexity index is 1360. The smallest absolute Gasteiger partial charge is 0.291 e. The number of anilines is 1. The summed E-state index contributed by atoms with van der Waals surface area (Å²) < 4.78 is 12.6. The number of hydrogen-bond donors (Lipinski definition) is 1. The molecule has 0 bridgehead atoms. The maximum atomic E-state index is 12.3. The summed E-state index contributed by atoms with van der Waals surface area (Å²) in [5.41, 5.74) is 4.95.